The van der Waals surface area contributed by atoms with Gasteiger partial charge in [-0.05, 0) is 17.7 Å². The third-order valence-electron chi connectivity index (χ3n) is 5.33. The van der Waals surface area contributed by atoms with Crippen LogP contribution in [0, 0.1) is 0 Å². The van der Waals surface area contributed by atoms with Gasteiger partial charge in [0.25, 0.3) is 0 Å². The number of nitrogens with zero attached hydrogens (tertiary/aromatic N) is 3. The number of halogens is 3. The van der Waals surface area contributed by atoms with Crippen LogP contribution >= 0.6 is 43.5 Å². The number of aliphatic hydroxyl groups excluding tert-OH is 1. The Balaban J connectivity index is 2.52. The standard InChI is InChI=1S/C22H37Br2ClN4O2/c1-27(13-10-25)20-8-6-19(7-9-20)18-28(22(31)17-24)12-5-15-29(2,3)14-4-11-26-21(30)16-23/h6-9,22,31H,4-5,10-18H2,1-3H3/p+1. The van der Waals surface area contributed by atoms with Crippen molar-refractivity contribution in [2.75, 3.05) is 75.3 Å². The molecule has 0 saturated carbocycles. The highest BCUT2D eigenvalue weighted by Crippen LogP contribution is 2.17. The van der Waals surface area contributed by atoms with Crippen LogP contribution in [-0.4, -0.2) is 97.0 Å². The minimum Gasteiger partial charge on any atom is -0.377 e. The first-order valence-electron chi connectivity index (χ1n) is 10.7. The lowest BCUT2D eigenvalue weighted by atomic mass is 10.1. The quantitative estimate of drug-likeness (QED) is 0.135. The van der Waals surface area contributed by atoms with Crippen molar-refractivity contribution in [2.24, 2.45) is 0 Å². The van der Waals surface area contributed by atoms with Crippen LogP contribution in [0.4, 0.5) is 5.69 Å². The van der Waals surface area contributed by atoms with Crippen LogP contribution in [0.15, 0.2) is 24.3 Å². The molecule has 0 saturated heterocycles. The van der Waals surface area contributed by atoms with Gasteiger partial charge in [0.1, 0.15) is 6.23 Å². The van der Waals surface area contributed by atoms with E-state index in [0.29, 0.717) is 29.6 Å². The molecular weight excluding hydrogens is 548 g/mol. The lowest BCUT2D eigenvalue weighted by Gasteiger charge is -2.32. The molecule has 6 nitrogen and oxygen atoms in total. The normalized spacial score (nSPS) is 12.8. The zero-order valence-electron chi connectivity index (χ0n) is 19.0. The summed E-state index contributed by atoms with van der Waals surface area (Å²) in [5, 5.41) is 14.2. The molecule has 0 aliphatic carbocycles. The van der Waals surface area contributed by atoms with Gasteiger partial charge < -0.3 is 19.8 Å². The lowest BCUT2D eigenvalue weighted by Crippen LogP contribution is -2.44. The second-order valence-corrected chi connectivity index (χ2v) is 10.0. The van der Waals surface area contributed by atoms with Crippen molar-refractivity contribution in [3.63, 3.8) is 0 Å². The molecule has 2 N–H and O–H groups in total. The molecule has 1 rings (SSSR count). The molecule has 1 amide bonds. The van der Waals surface area contributed by atoms with E-state index in [1.807, 2.05) is 7.05 Å². The Hall–Kier alpha value is -0.380. The molecule has 1 aromatic carbocycles. The van der Waals surface area contributed by atoms with Crippen LogP contribution in [0.1, 0.15) is 18.4 Å². The highest BCUT2D eigenvalue weighted by atomic mass is 79.9. The van der Waals surface area contributed by atoms with Gasteiger partial charge in [0.2, 0.25) is 5.91 Å². The monoisotopic (exact) mass is 583 g/mol. The predicted molar refractivity (Wildman–Crippen MR) is 139 cm³/mol. The van der Waals surface area contributed by atoms with Crippen molar-refractivity contribution in [3.8, 4) is 0 Å². The number of nitrogens with one attached hydrogen (secondary N) is 1. The number of anilines is 1. The van der Waals surface area contributed by atoms with Crippen LogP contribution in [-0.2, 0) is 11.3 Å². The topological polar surface area (TPSA) is 55.8 Å². The summed E-state index contributed by atoms with van der Waals surface area (Å²) in [4.78, 5) is 15.5. The van der Waals surface area contributed by atoms with Crippen LogP contribution in [0.2, 0.25) is 0 Å². The summed E-state index contributed by atoms with van der Waals surface area (Å²) >= 11 is 12.4. The Kier molecular flexibility index (Phi) is 14.3. The molecule has 1 aromatic rings. The van der Waals surface area contributed by atoms with Gasteiger partial charge >= 0.3 is 0 Å². The largest absolute Gasteiger partial charge is 0.377 e. The van der Waals surface area contributed by atoms with Crippen LogP contribution in [0.25, 0.3) is 0 Å². The summed E-state index contributed by atoms with van der Waals surface area (Å²) in [6, 6.07) is 8.45. The SMILES string of the molecule is CN(CCCl)c1ccc(CN(CCC[N+](C)(C)CCCNC(=O)CBr)C(O)CBr)cc1. The Morgan fingerprint density at radius 1 is 1.16 bits per heavy atom. The van der Waals surface area contributed by atoms with Crippen LogP contribution < -0.4 is 10.2 Å². The summed E-state index contributed by atoms with van der Waals surface area (Å²) in [7, 11) is 6.47. The number of amides is 1. The Bertz CT molecular complexity index is 634. The van der Waals surface area contributed by atoms with E-state index < -0.39 is 6.23 Å². The second kappa shape index (κ2) is 15.5. The van der Waals surface area contributed by atoms with Crippen LogP contribution in [0.5, 0.6) is 0 Å². The first kappa shape index (κ1) is 28.7. The minimum absolute atomic E-state index is 0.0310. The summed E-state index contributed by atoms with van der Waals surface area (Å²) in [5.74, 6) is 0.632. The number of hydrogen-bond acceptors (Lipinski definition) is 4. The van der Waals surface area contributed by atoms with E-state index in [1.54, 1.807) is 0 Å². The van der Waals surface area contributed by atoms with E-state index in [4.69, 9.17) is 11.6 Å². The molecule has 1 unspecified atom stereocenters. The summed E-state index contributed by atoms with van der Waals surface area (Å²) < 4.78 is 0.893. The third-order valence-corrected chi connectivity index (χ3v) is 6.59. The number of benzene rings is 1. The highest BCUT2D eigenvalue weighted by Gasteiger charge is 2.19. The highest BCUT2D eigenvalue weighted by molar-refractivity contribution is 9.09. The van der Waals surface area contributed by atoms with Crippen molar-refractivity contribution in [2.45, 2.75) is 25.6 Å². The first-order valence-corrected chi connectivity index (χ1v) is 13.5. The molecule has 0 aliphatic heterocycles. The zero-order chi connectivity index (χ0) is 23.3. The molecule has 0 aliphatic rings. The molecule has 0 fully saturated rings. The summed E-state index contributed by atoms with van der Waals surface area (Å²) in [6.07, 6.45) is 1.42. The van der Waals surface area contributed by atoms with E-state index in [0.717, 1.165) is 49.2 Å². The van der Waals surface area contributed by atoms with Crippen molar-refractivity contribution in [1.29, 1.82) is 0 Å². The van der Waals surface area contributed by atoms with Gasteiger partial charge in [-0.1, -0.05) is 44.0 Å². The fraction of sp³-hybridized carbons (Fsp3) is 0.682. The molecule has 31 heavy (non-hydrogen) atoms. The van der Waals surface area contributed by atoms with E-state index in [2.05, 4.69) is 85.3 Å². The van der Waals surface area contributed by atoms with Gasteiger partial charge in [0, 0.05) is 63.0 Å². The molecule has 0 radical (unpaired) electrons. The third kappa shape index (κ3) is 11.9. The molecule has 178 valence electrons. The fourth-order valence-electron chi connectivity index (χ4n) is 3.37. The van der Waals surface area contributed by atoms with Gasteiger partial charge in [-0.2, -0.15) is 0 Å². The Labute approximate surface area is 209 Å². The number of hydrogen-bond donors (Lipinski definition) is 2. The summed E-state index contributed by atoms with van der Waals surface area (Å²) in [5.41, 5.74) is 2.32. The Morgan fingerprint density at radius 2 is 1.81 bits per heavy atom. The van der Waals surface area contributed by atoms with Crippen LogP contribution in [0.3, 0.4) is 0 Å². The van der Waals surface area contributed by atoms with E-state index in [9.17, 15) is 9.90 Å². The number of aliphatic hydroxyl groups is 1. The Morgan fingerprint density at radius 3 is 2.39 bits per heavy atom. The van der Waals surface area contributed by atoms with Gasteiger partial charge in [-0.3, -0.25) is 9.69 Å². The zero-order valence-corrected chi connectivity index (χ0v) is 22.9. The van der Waals surface area contributed by atoms with Crippen molar-refractivity contribution in [1.82, 2.24) is 10.2 Å². The maximum atomic E-state index is 11.3. The van der Waals surface area contributed by atoms with Gasteiger partial charge in [0.05, 0.1) is 32.5 Å². The smallest absolute Gasteiger partial charge is 0.230 e. The molecule has 9 heteroatoms. The van der Waals surface area contributed by atoms with Gasteiger partial charge in [-0.15, -0.1) is 11.6 Å². The maximum absolute atomic E-state index is 11.3. The van der Waals surface area contributed by atoms with Gasteiger partial charge in [0.15, 0.2) is 0 Å². The minimum atomic E-state index is -0.520. The average molecular weight is 586 g/mol. The number of carbonyl (C=O) groups excluding carboxylic acids is 1. The molecule has 1 atom stereocenters. The molecule has 0 aromatic heterocycles. The van der Waals surface area contributed by atoms with E-state index in [1.165, 1.54) is 5.56 Å². The van der Waals surface area contributed by atoms with Crippen molar-refractivity contribution >= 4 is 55.1 Å². The van der Waals surface area contributed by atoms with Crippen molar-refractivity contribution in [3.05, 3.63) is 29.8 Å². The van der Waals surface area contributed by atoms with E-state index in [-0.39, 0.29) is 5.91 Å². The number of quaternary nitrogens is 1. The molecule has 0 spiro atoms. The first-order chi connectivity index (χ1) is 14.7. The van der Waals surface area contributed by atoms with Crippen molar-refractivity contribution < 1.29 is 14.4 Å². The molecule has 0 bridgehead atoms. The van der Waals surface area contributed by atoms with Gasteiger partial charge in [-0.25, -0.2) is 0 Å². The van der Waals surface area contributed by atoms with E-state index >= 15 is 0 Å². The predicted octanol–water partition coefficient (Wildman–Crippen LogP) is 3.24. The number of carbonyl (C=O) groups is 1. The summed E-state index contributed by atoms with van der Waals surface area (Å²) in [6.45, 7) is 5.06. The maximum Gasteiger partial charge on any atom is 0.230 e. The lowest BCUT2D eigenvalue weighted by molar-refractivity contribution is -0.890. The molecular formula is C22H38Br2ClN4O2+. The number of rotatable bonds is 16. The molecule has 0 heterocycles. The average Bonchev–Trinajstić information content (AvgIpc) is 2.75. The second-order valence-electron chi connectivity index (χ2n) is 8.46. The fourth-order valence-corrected chi connectivity index (χ4v) is 4.23. The number of alkyl halides is 3.